The first-order valence-electron chi connectivity index (χ1n) is 16.4. The van der Waals surface area contributed by atoms with Crippen LogP contribution in [0, 0.1) is 11.8 Å². The summed E-state index contributed by atoms with van der Waals surface area (Å²) < 4.78 is 66.9. The number of halogens is 1. The van der Waals surface area contributed by atoms with E-state index in [-0.39, 0.29) is 47.0 Å². The van der Waals surface area contributed by atoms with Crippen LogP contribution < -0.4 is 14.4 Å². The number of carbonyl (C=O) groups excluding carboxylic acids is 1. The van der Waals surface area contributed by atoms with Gasteiger partial charge in [-0.05, 0) is 98.2 Å². The van der Waals surface area contributed by atoms with Gasteiger partial charge in [0.2, 0.25) is 20.0 Å². The molecular formula is C34H44ClN3O7S2. The van der Waals surface area contributed by atoms with Gasteiger partial charge >= 0.3 is 0 Å². The second kappa shape index (κ2) is 13.7. The Balaban J connectivity index is 1.36. The molecule has 2 heterocycles. The third-order valence-electron chi connectivity index (χ3n) is 10.2. The molecule has 1 spiro atoms. The number of anilines is 1. The van der Waals surface area contributed by atoms with Crippen LogP contribution in [-0.4, -0.2) is 85.1 Å². The molecule has 13 heteroatoms. The molecule has 0 unspecified atom stereocenters. The largest absolute Gasteiger partial charge is 0.490 e. The van der Waals surface area contributed by atoms with Gasteiger partial charge in [0, 0.05) is 43.2 Å². The molecule has 1 amide bonds. The highest BCUT2D eigenvalue weighted by atomic mass is 35.5. The SMILES string of the molecule is CN(C)S(=O)(=O)CCO[C@@H]1/C=C\CCCS(=O)(=O)NC(=O)c2ccc3c(c2)N(C[C@@H]2CC[C@H]21)C[C@@]1(CCCc2cc(Cl)ccc21)CO3. The zero-order chi connectivity index (χ0) is 33.4. The minimum atomic E-state index is -3.86. The van der Waals surface area contributed by atoms with Crippen LogP contribution in [-0.2, 0) is 36.6 Å². The maximum atomic E-state index is 13.2. The van der Waals surface area contributed by atoms with Gasteiger partial charge in [-0.25, -0.2) is 25.9 Å². The maximum absolute atomic E-state index is 13.2. The van der Waals surface area contributed by atoms with E-state index in [0.29, 0.717) is 43.3 Å². The molecule has 0 radical (unpaired) electrons. The molecule has 0 saturated heterocycles. The summed E-state index contributed by atoms with van der Waals surface area (Å²) in [5, 5.41) is 0.712. The average Bonchev–Trinajstić information content (AvgIpc) is 3.15. The fourth-order valence-corrected chi connectivity index (χ4v) is 9.37. The Morgan fingerprint density at radius 2 is 1.98 bits per heavy atom. The van der Waals surface area contributed by atoms with Crippen molar-refractivity contribution in [2.75, 3.05) is 56.8 Å². The molecule has 1 saturated carbocycles. The lowest BCUT2D eigenvalue weighted by Gasteiger charge is -2.46. The third-order valence-corrected chi connectivity index (χ3v) is 13.6. The van der Waals surface area contributed by atoms with Gasteiger partial charge in [-0.2, -0.15) is 0 Å². The zero-order valence-electron chi connectivity index (χ0n) is 27.0. The van der Waals surface area contributed by atoms with Crippen LogP contribution in [0.15, 0.2) is 48.6 Å². The van der Waals surface area contributed by atoms with Gasteiger partial charge in [0.25, 0.3) is 5.91 Å². The normalized spacial score (nSPS) is 28.3. The number of nitrogens with zero attached hydrogens (tertiary/aromatic N) is 2. The number of fused-ring (bicyclic) bond motifs is 4. The van der Waals surface area contributed by atoms with Crippen LogP contribution in [0.4, 0.5) is 5.69 Å². The van der Waals surface area contributed by atoms with E-state index in [1.165, 1.54) is 29.5 Å². The van der Waals surface area contributed by atoms with Crippen LogP contribution in [0.3, 0.4) is 0 Å². The smallest absolute Gasteiger partial charge is 0.264 e. The van der Waals surface area contributed by atoms with Crippen molar-refractivity contribution in [3.05, 3.63) is 70.3 Å². The number of benzene rings is 2. The molecule has 6 rings (SSSR count). The van der Waals surface area contributed by atoms with Gasteiger partial charge in [-0.3, -0.25) is 4.79 Å². The summed E-state index contributed by atoms with van der Waals surface area (Å²) in [6.07, 6.45) is 9.18. The van der Waals surface area contributed by atoms with E-state index in [1.54, 1.807) is 18.2 Å². The summed E-state index contributed by atoms with van der Waals surface area (Å²) in [5.74, 6) is 0.0734. The van der Waals surface area contributed by atoms with Gasteiger partial charge in [-0.1, -0.05) is 29.8 Å². The van der Waals surface area contributed by atoms with Crippen molar-refractivity contribution in [2.45, 2.75) is 56.5 Å². The van der Waals surface area contributed by atoms with E-state index in [9.17, 15) is 21.6 Å². The van der Waals surface area contributed by atoms with Crippen LogP contribution in [0.2, 0.25) is 5.02 Å². The molecule has 10 nitrogen and oxygen atoms in total. The molecule has 0 aromatic heterocycles. The van der Waals surface area contributed by atoms with Crippen molar-refractivity contribution in [2.24, 2.45) is 11.8 Å². The number of rotatable bonds is 5. The number of carbonyl (C=O) groups is 1. The molecule has 47 heavy (non-hydrogen) atoms. The fourth-order valence-electron chi connectivity index (χ4n) is 7.46. The van der Waals surface area contributed by atoms with Crippen molar-refractivity contribution in [3.8, 4) is 5.75 Å². The second-order valence-corrected chi connectivity index (χ2v) is 18.1. The molecule has 2 aromatic rings. The zero-order valence-corrected chi connectivity index (χ0v) is 29.4. The quantitative estimate of drug-likeness (QED) is 0.451. The highest BCUT2D eigenvalue weighted by Crippen LogP contribution is 2.47. The van der Waals surface area contributed by atoms with E-state index < -0.39 is 26.0 Å². The van der Waals surface area contributed by atoms with Crippen LogP contribution in [0.1, 0.15) is 60.0 Å². The van der Waals surface area contributed by atoms with Gasteiger partial charge in [0.05, 0.1) is 36.5 Å². The predicted octanol–water partition coefficient (Wildman–Crippen LogP) is 4.53. The Morgan fingerprint density at radius 3 is 2.74 bits per heavy atom. The summed E-state index contributed by atoms with van der Waals surface area (Å²) in [7, 11) is -4.25. The Morgan fingerprint density at radius 1 is 1.15 bits per heavy atom. The second-order valence-electron chi connectivity index (χ2n) is 13.5. The maximum Gasteiger partial charge on any atom is 0.264 e. The van der Waals surface area contributed by atoms with E-state index in [2.05, 4.69) is 21.8 Å². The lowest BCUT2D eigenvalue weighted by Crippen LogP contribution is -2.49. The number of sulfonamides is 2. The van der Waals surface area contributed by atoms with Gasteiger partial charge in [0.15, 0.2) is 0 Å². The molecule has 1 fully saturated rings. The van der Waals surface area contributed by atoms with E-state index >= 15 is 0 Å². The molecule has 2 aliphatic carbocycles. The number of aryl methyl sites for hydroxylation is 1. The van der Waals surface area contributed by atoms with Crippen molar-refractivity contribution in [3.63, 3.8) is 0 Å². The number of ether oxygens (including phenoxy) is 2. The van der Waals surface area contributed by atoms with Crippen LogP contribution in [0.25, 0.3) is 0 Å². The molecule has 2 aromatic carbocycles. The number of nitrogens with one attached hydrogen (secondary N) is 1. The molecule has 1 N–H and O–H groups in total. The molecule has 2 bridgehead atoms. The van der Waals surface area contributed by atoms with Gasteiger partial charge in [-0.15, -0.1) is 0 Å². The monoisotopic (exact) mass is 705 g/mol. The van der Waals surface area contributed by atoms with E-state index in [0.717, 1.165) is 37.8 Å². The number of hydrogen-bond acceptors (Lipinski definition) is 8. The molecule has 4 atom stereocenters. The lowest BCUT2D eigenvalue weighted by atomic mass is 9.68. The Bertz CT molecular complexity index is 1750. The highest BCUT2D eigenvalue weighted by molar-refractivity contribution is 7.90. The minimum absolute atomic E-state index is 0.0609. The summed E-state index contributed by atoms with van der Waals surface area (Å²) in [6, 6.07) is 11.3. The standard InChI is InChI=1S/C34H44ClN3O7S2/c1-37(2)47(42,43)18-16-44-31-8-4-3-5-17-46(40,41)36-33(39)25-10-14-32-30(20-25)38(21-26-9-12-28(26)31)22-34(23-45-32)15-6-7-24-19-27(35)11-13-29(24)34/h4,8,10-11,13-14,19-20,26,28,31H,3,5-7,9,12,15-18,21-23H2,1-2H3,(H,36,39)/b8-4-/t26-,28+,31+,34-/m0/s1. The van der Waals surface area contributed by atoms with Gasteiger partial charge in [0.1, 0.15) is 5.75 Å². The van der Waals surface area contributed by atoms with Crippen molar-refractivity contribution in [1.82, 2.24) is 9.03 Å². The average molecular weight is 706 g/mol. The summed E-state index contributed by atoms with van der Waals surface area (Å²) in [5.41, 5.74) is 3.17. The number of hydrogen-bond donors (Lipinski definition) is 1. The van der Waals surface area contributed by atoms with Crippen molar-refractivity contribution < 1.29 is 31.1 Å². The summed E-state index contributed by atoms with van der Waals surface area (Å²) in [4.78, 5) is 15.5. The highest BCUT2D eigenvalue weighted by Gasteiger charge is 2.44. The Hall–Kier alpha value is -2.64. The first-order valence-corrected chi connectivity index (χ1v) is 20.0. The fraction of sp³-hybridized carbons (Fsp3) is 0.559. The minimum Gasteiger partial charge on any atom is -0.490 e. The summed E-state index contributed by atoms with van der Waals surface area (Å²) in [6.45, 7) is 1.86. The van der Waals surface area contributed by atoms with Crippen molar-refractivity contribution >= 4 is 43.2 Å². The van der Waals surface area contributed by atoms with Gasteiger partial charge < -0.3 is 14.4 Å². The third kappa shape index (κ3) is 7.51. The Kier molecular flexibility index (Phi) is 9.98. The van der Waals surface area contributed by atoms with E-state index in [1.807, 2.05) is 18.2 Å². The van der Waals surface area contributed by atoms with Crippen LogP contribution in [0.5, 0.6) is 5.75 Å². The lowest BCUT2D eigenvalue weighted by molar-refractivity contribution is -0.00800. The number of allylic oxidation sites excluding steroid dienone is 1. The molecular weight excluding hydrogens is 662 g/mol. The van der Waals surface area contributed by atoms with Crippen LogP contribution >= 0.6 is 11.6 Å². The molecule has 4 aliphatic rings. The molecule has 256 valence electrons. The Labute approximate surface area is 283 Å². The molecule has 2 aliphatic heterocycles. The predicted molar refractivity (Wildman–Crippen MR) is 183 cm³/mol. The first kappa shape index (κ1) is 34.2. The number of amides is 1. The van der Waals surface area contributed by atoms with Crippen molar-refractivity contribution in [1.29, 1.82) is 0 Å². The first-order chi connectivity index (χ1) is 22.4. The van der Waals surface area contributed by atoms with E-state index in [4.69, 9.17) is 21.1 Å². The summed E-state index contributed by atoms with van der Waals surface area (Å²) >= 11 is 6.41. The topological polar surface area (TPSA) is 122 Å².